The highest BCUT2D eigenvalue weighted by Crippen LogP contribution is 2.61. The van der Waals surface area contributed by atoms with Gasteiger partial charge in [0, 0.05) is 28.9 Å². The summed E-state index contributed by atoms with van der Waals surface area (Å²) in [6.45, 7) is 3.94. The number of aromatic nitrogens is 2. The molecule has 2 aromatic carbocycles. The molecule has 11 rings (SSSR count). The summed E-state index contributed by atoms with van der Waals surface area (Å²) in [5, 5.41) is 3.98. The molecule has 0 spiro atoms. The molecule has 7 aliphatic rings. The third-order valence-corrected chi connectivity index (χ3v) is 14.4. The molecule has 3 N–H and O–H groups in total. The van der Waals surface area contributed by atoms with E-state index in [0.29, 0.717) is 17.5 Å². The highest BCUT2D eigenvalue weighted by molar-refractivity contribution is 5.65. The average Bonchev–Trinajstić information content (AvgIpc) is 3.85. The maximum Gasteiger partial charge on any atom is 0.226 e. The summed E-state index contributed by atoms with van der Waals surface area (Å²) < 4.78 is 11.2. The first-order valence-corrected chi connectivity index (χ1v) is 22.9. The molecule has 7 aliphatic carbocycles. The van der Waals surface area contributed by atoms with E-state index in [1.54, 1.807) is 12.5 Å². The predicted molar refractivity (Wildman–Crippen MR) is 229 cm³/mol. The van der Waals surface area contributed by atoms with Gasteiger partial charge in [0.05, 0.1) is 11.4 Å². The van der Waals surface area contributed by atoms with Gasteiger partial charge in [0.25, 0.3) is 0 Å². The lowest BCUT2D eigenvalue weighted by molar-refractivity contribution is -0.0521. The highest BCUT2D eigenvalue weighted by Gasteiger charge is 2.50. The van der Waals surface area contributed by atoms with Crippen molar-refractivity contribution in [1.29, 1.82) is 0 Å². The van der Waals surface area contributed by atoms with Crippen molar-refractivity contribution in [3.8, 4) is 22.9 Å². The SMILES string of the molecule is Cc1coc(-c2ccc(CC34CC5CC(CC(C5)C3)C4)c(NC3CCCCC3)c2)n1.Cc1coc(-c2ccc(CC3CCCCC3)cc2)n1.NC1CCCCC1. The number of nitrogens with one attached hydrogen (secondary N) is 1. The lowest BCUT2D eigenvalue weighted by Crippen LogP contribution is -2.47. The second-order valence-electron chi connectivity index (χ2n) is 19.3. The van der Waals surface area contributed by atoms with Gasteiger partial charge in [0.15, 0.2) is 0 Å². The summed E-state index contributed by atoms with van der Waals surface area (Å²) in [7, 11) is 0. The minimum Gasteiger partial charge on any atom is -0.444 e. The van der Waals surface area contributed by atoms with E-state index < -0.39 is 0 Å². The standard InChI is InChI=1S/C27H36N2O.C17H21NO.C6H13N/c1-18-17-30-26(28-18)22-7-8-23(25(12-22)29-24-5-3-2-4-6-24)16-27-13-19-9-20(14-27)11-21(10-19)15-27;1-13-12-19-17(18-13)16-9-7-15(8-10-16)11-14-5-3-2-4-6-14;7-6-4-2-1-3-5-6/h7-8,12,17,19-21,24,29H,2-6,9-11,13-16H2,1H3;7-10,12,14H,2-6,11H2,1H3;6H,1-5,7H2. The summed E-state index contributed by atoms with van der Waals surface area (Å²) in [6, 6.07) is 16.8. The molecule has 6 heteroatoms. The summed E-state index contributed by atoms with van der Waals surface area (Å²) in [6.07, 6.45) is 35.4. The molecule has 0 aliphatic heterocycles. The molecule has 4 bridgehead atoms. The minimum atomic E-state index is 0.536. The second kappa shape index (κ2) is 18.5. The fourth-order valence-corrected chi connectivity index (χ4v) is 12.0. The van der Waals surface area contributed by atoms with Crippen LogP contribution in [0.15, 0.2) is 63.8 Å². The third kappa shape index (κ3) is 10.4. The van der Waals surface area contributed by atoms with Crippen LogP contribution in [0.2, 0.25) is 0 Å². The molecule has 2 aromatic heterocycles. The summed E-state index contributed by atoms with van der Waals surface area (Å²) in [5.74, 6) is 5.41. The fourth-order valence-electron chi connectivity index (χ4n) is 12.0. The van der Waals surface area contributed by atoms with Crippen molar-refractivity contribution in [3.63, 3.8) is 0 Å². The number of hydrogen-bond donors (Lipinski definition) is 2. The zero-order valence-electron chi connectivity index (χ0n) is 34.7. The molecule has 0 saturated heterocycles. The number of aryl methyl sites for hydroxylation is 2. The van der Waals surface area contributed by atoms with Crippen LogP contribution in [0.3, 0.4) is 0 Å². The van der Waals surface area contributed by atoms with Gasteiger partial charge in [0.1, 0.15) is 12.5 Å². The Kier molecular flexibility index (Phi) is 13.0. The van der Waals surface area contributed by atoms with E-state index in [1.807, 2.05) is 13.8 Å². The number of rotatable bonds is 8. The van der Waals surface area contributed by atoms with Crippen molar-refractivity contribution in [1.82, 2.24) is 9.97 Å². The van der Waals surface area contributed by atoms with E-state index in [9.17, 15) is 0 Å². The van der Waals surface area contributed by atoms with Crippen molar-refractivity contribution < 1.29 is 8.83 Å². The molecule has 7 saturated carbocycles. The Morgan fingerprint density at radius 2 is 1.16 bits per heavy atom. The van der Waals surface area contributed by atoms with Crippen LogP contribution in [-0.2, 0) is 12.8 Å². The number of nitrogens with two attached hydrogens (primary N) is 1. The van der Waals surface area contributed by atoms with Crippen molar-refractivity contribution >= 4 is 5.69 Å². The van der Waals surface area contributed by atoms with Gasteiger partial charge in [-0.1, -0.05) is 88.8 Å². The van der Waals surface area contributed by atoms with Crippen molar-refractivity contribution in [2.45, 2.75) is 174 Å². The number of nitrogens with zero attached hydrogens (tertiary/aromatic N) is 2. The van der Waals surface area contributed by atoms with E-state index in [-0.39, 0.29) is 0 Å². The van der Waals surface area contributed by atoms with Crippen LogP contribution in [0, 0.1) is 42.9 Å². The number of hydrogen-bond acceptors (Lipinski definition) is 6. The Morgan fingerprint density at radius 1 is 0.643 bits per heavy atom. The Morgan fingerprint density at radius 3 is 1.68 bits per heavy atom. The van der Waals surface area contributed by atoms with Crippen molar-refractivity contribution in [2.24, 2.45) is 34.8 Å². The molecule has 4 aromatic rings. The molecule has 0 radical (unpaired) electrons. The van der Waals surface area contributed by atoms with Crippen LogP contribution < -0.4 is 11.1 Å². The average molecular weight is 759 g/mol. The van der Waals surface area contributed by atoms with Gasteiger partial charge in [-0.25, -0.2) is 9.97 Å². The third-order valence-electron chi connectivity index (χ3n) is 14.4. The second-order valence-corrected chi connectivity index (χ2v) is 19.3. The molecular formula is C50H70N4O2. The van der Waals surface area contributed by atoms with Gasteiger partial charge in [-0.2, -0.15) is 0 Å². The molecule has 0 atom stereocenters. The van der Waals surface area contributed by atoms with Crippen LogP contribution in [0.1, 0.15) is 157 Å². The number of oxazole rings is 2. The normalized spacial score (nSPS) is 26.6. The van der Waals surface area contributed by atoms with Gasteiger partial charge >= 0.3 is 0 Å². The first kappa shape index (κ1) is 39.4. The van der Waals surface area contributed by atoms with Crippen LogP contribution in [0.25, 0.3) is 22.9 Å². The highest BCUT2D eigenvalue weighted by atomic mass is 16.3. The number of benzene rings is 2. The van der Waals surface area contributed by atoms with E-state index in [4.69, 9.17) is 14.6 Å². The quantitative estimate of drug-likeness (QED) is 0.186. The Bertz CT molecular complexity index is 1770. The Balaban J connectivity index is 0.000000144. The van der Waals surface area contributed by atoms with Gasteiger partial charge in [-0.15, -0.1) is 0 Å². The molecule has 56 heavy (non-hydrogen) atoms. The van der Waals surface area contributed by atoms with Crippen LogP contribution in [0.5, 0.6) is 0 Å². The Hall–Kier alpha value is -3.38. The van der Waals surface area contributed by atoms with Crippen LogP contribution >= 0.6 is 0 Å². The van der Waals surface area contributed by atoms with Gasteiger partial charge < -0.3 is 19.9 Å². The first-order valence-electron chi connectivity index (χ1n) is 22.9. The maximum absolute atomic E-state index is 5.73. The monoisotopic (exact) mass is 759 g/mol. The first-order chi connectivity index (χ1) is 27.3. The lowest BCUT2D eigenvalue weighted by Gasteiger charge is -2.57. The van der Waals surface area contributed by atoms with E-state index in [0.717, 1.165) is 58.0 Å². The van der Waals surface area contributed by atoms with E-state index >= 15 is 0 Å². The van der Waals surface area contributed by atoms with E-state index in [1.165, 1.54) is 164 Å². The molecule has 7 fully saturated rings. The van der Waals surface area contributed by atoms with Crippen LogP contribution in [0.4, 0.5) is 5.69 Å². The molecule has 0 unspecified atom stereocenters. The minimum absolute atomic E-state index is 0.536. The maximum atomic E-state index is 5.73. The number of anilines is 1. The zero-order valence-corrected chi connectivity index (χ0v) is 34.7. The smallest absolute Gasteiger partial charge is 0.226 e. The van der Waals surface area contributed by atoms with Crippen molar-refractivity contribution in [3.05, 3.63) is 77.5 Å². The summed E-state index contributed by atoms with van der Waals surface area (Å²) >= 11 is 0. The van der Waals surface area contributed by atoms with E-state index in [2.05, 4.69) is 57.7 Å². The Labute approximate surface area is 337 Å². The summed E-state index contributed by atoms with van der Waals surface area (Å²) in [4.78, 5) is 8.94. The molecule has 302 valence electrons. The lowest BCUT2D eigenvalue weighted by atomic mass is 9.48. The van der Waals surface area contributed by atoms with Crippen LogP contribution in [-0.4, -0.2) is 22.1 Å². The largest absolute Gasteiger partial charge is 0.444 e. The fraction of sp³-hybridized carbons (Fsp3) is 0.640. The van der Waals surface area contributed by atoms with Crippen molar-refractivity contribution in [2.75, 3.05) is 5.32 Å². The molecular weight excluding hydrogens is 689 g/mol. The molecule has 6 nitrogen and oxygen atoms in total. The zero-order chi connectivity index (χ0) is 38.3. The summed E-state index contributed by atoms with van der Waals surface area (Å²) in [5.41, 5.74) is 14.6. The van der Waals surface area contributed by atoms with Gasteiger partial charge in [0.2, 0.25) is 11.8 Å². The predicted octanol–water partition coefficient (Wildman–Crippen LogP) is 13.2. The van der Waals surface area contributed by atoms with Gasteiger partial charge in [-0.3, -0.25) is 0 Å². The topological polar surface area (TPSA) is 90.1 Å². The van der Waals surface area contributed by atoms with Gasteiger partial charge in [-0.05, 0) is 155 Å². The molecule has 0 amide bonds. The molecule has 2 heterocycles.